The smallest absolute Gasteiger partial charge is 0.304 e. The van der Waals surface area contributed by atoms with Crippen LogP contribution in [0.15, 0.2) is 17.1 Å². The number of aromatic nitrogens is 2. The third-order valence-corrected chi connectivity index (χ3v) is 1.15. The summed E-state index contributed by atoms with van der Waals surface area (Å²) < 4.78 is 24.9. The van der Waals surface area contributed by atoms with Crippen molar-refractivity contribution < 1.29 is 8.78 Å². The number of hydrogen-bond donors (Lipinski definition) is 1. The Bertz CT molecular complexity index is 307. The predicted molar refractivity (Wildman–Crippen MR) is 41.7 cm³/mol. The quantitative estimate of drug-likeness (QED) is 0.736. The molecule has 0 aliphatic carbocycles. The molecule has 3 nitrogen and oxygen atoms in total. The number of nitrogens with one attached hydrogen (secondary N) is 1. The van der Waals surface area contributed by atoms with Gasteiger partial charge in [0.15, 0.2) is 0 Å². The van der Waals surface area contributed by atoms with Crippen LogP contribution in [-0.4, -0.2) is 9.97 Å². The second-order valence-corrected chi connectivity index (χ2v) is 2.18. The van der Waals surface area contributed by atoms with Gasteiger partial charge in [-0.1, -0.05) is 0 Å². The zero-order chi connectivity index (χ0) is 8.48. The van der Waals surface area contributed by atoms with Crippen LogP contribution in [0.3, 0.4) is 0 Å². The molecule has 68 valence electrons. The van der Waals surface area contributed by atoms with Gasteiger partial charge in [0.05, 0.1) is 5.69 Å². The highest BCUT2D eigenvalue weighted by Gasteiger charge is 2.24. The number of rotatable bonds is 1. The first-order valence-corrected chi connectivity index (χ1v) is 2.94. The minimum absolute atomic E-state index is 0. The minimum Gasteiger partial charge on any atom is -0.304 e. The van der Waals surface area contributed by atoms with Gasteiger partial charge in [-0.05, 0) is 6.07 Å². The lowest BCUT2D eigenvalue weighted by atomic mass is 10.3. The molecule has 0 radical (unpaired) electrons. The summed E-state index contributed by atoms with van der Waals surface area (Å²) in [5, 5.41) is 0. The Labute approximate surface area is 73.2 Å². The van der Waals surface area contributed by atoms with Crippen molar-refractivity contribution in [2.75, 3.05) is 0 Å². The Morgan fingerprint density at radius 1 is 1.58 bits per heavy atom. The van der Waals surface area contributed by atoms with E-state index in [1.807, 2.05) is 4.98 Å². The van der Waals surface area contributed by atoms with E-state index in [-0.39, 0.29) is 12.4 Å². The standard InChI is InChI=1S/C6H6F2N2O.ClH/c1-6(7,8)4-2-3-9-5(11)10-4;/h2-3H,1H3,(H,9,10,11);1H. The summed E-state index contributed by atoms with van der Waals surface area (Å²) in [7, 11) is 0. The zero-order valence-corrected chi connectivity index (χ0v) is 6.99. The topological polar surface area (TPSA) is 45.8 Å². The van der Waals surface area contributed by atoms with Crippen molar-refractivity contribution in [3.05, 3.63) is 28.4 Å². The fourth-order valence-electron chi connectivity index (χ4n) is 0.625. The number of halogens is 3. The molecule has 0 saturated carbocycles. The zero-order valence-electron chi connectivity index (χ0n) is 6.17. The normalized spacial score (nSPS) is 10.6. The summed E-state index contributed by atoms with van der Waals surface area (Å²) in [5.74, 6) is -3.01. The highest BCUT2D eigenvalue weighted by Crippen LogP contribution is 2.22. The van der Waals surface area contributed by atoms with Crippen molar-refractivity contribution in [1.29, 1.82) is 0 Å². The molecule has 1 aromatic rings. The van der Waals surface area contributed by atoms with Gasteiger partial charge in [0.1, 0.15) is 0 Å². The molecule has 0 spiro atoms. The maximum absolute atomic E-state index is 12.4. The number of H-pyrrole nitrogens is 1. The summed E-state index contributed by atoms with van der Waals surface area (Å²) in [4.78, 5) is 15.6. The predicted octanol–water partition coefficient (Wildman–Crippen LogP) is 1.30. The molecule has 0 fully saturated rings. The van der Waals surface area contributed by atoms with E-state index in [1.165, 1.54) is 0 Å². The molecule has 0 saturated heterocycles. The molecule has 12 heavy (non-hydrogen) atoms. The largest absolute Gasteiger partial charge is 0.345 e. The number of alkyl halides is 2. The van der Waals surface area contributed by atoms with Crippen molar-refractivity contribution in [2.24, 2.45) is 0 Å². The SMILES string of the molecule is CC(F)(F)c1ccnc(=O)[nH]1.Cl. The van der Waals surface area contributed by atoms with E-state index in [0.717, 1.165) is 12.3 Å². The summed E-state index contributed by atoms with van der Waals surface area (Å²) in [6.45, 7) is 0.707. The lowest BCUT2D eigenvalue weighted by molar-refractivity contribution is 0.0123. The fraction of sp³-hybridized carbons (Fsp3) is 0.333. The van der Waals surface area contributed by atoms with E-state index in [2.05, 4.69) is 4.98 Å². The molecule has 1 rings (SSSR count). The summed E-state index contributed by atoms with van der Waals surface area (Å²) in [6.07, 6.45) is 1.05. The Hall–Kier alpha value is -0.970. The average Bonchev–Trinajstić information content (AvgIpc) is 1.86. The number of hydrogen-bond acceptors (Lipinski definition) is 2. The maximum Gasteiger partial charge on any atom is 0.345 e. The molecule has 0 aliphatic rings. The second-order valence-electron chi connectivity index (χ2n) is 2.18. The van der Waals surface area contributed by atoms with Crippen LogP contribution in [0.5, 0.6) is 0 Å². The molecular formula is C6H7ClF2N2O. The van der Waals surface area contributed by atoms with Gasteiger partial charge >= 0.3 is 5.69 Å². The lowest BCUT2D eigenvalue weighted by Crippen LogP contribution is -2.18. The Kier molecular flexibility index (Phi) is 3.33. The molecule has 0 unspecified atom stereocenters. The highest BCUT2D eigenvalue weighted by molar-refractivity contribution is 5.85. The minimum atomic E-state index is -3.01. The highest BCUT2D eigenvalue weighted by atomic mass is 35.5. The summed E-state index contributed by atoms with van der Waals surface area (Å²) >= 11 is 0. The van der Waals surface area contributed by atoms with E-state index in [0.29, 0.717) is 6.92 Å². The first kappa shape index (κ1) is 11.0. The van der Waals surface area contributed by atoms with Crippen molar-refractivity contribution in [2.45, 2.75) is 12.8 Å². The lowest BCUT2D eigenvalue weighted by Gasteiger charge is -2.07. The van der Waals surface area contributed by atoms with Gasteiger partial charge in [-0.2, -0.15) is 0 Å². The van der Waals surface area contributed by atoms with Gasteiger partial charge in [-0.3, -0.25) is 0 Å². The molecule has 0 amide bonds. The van der Waals surface area contributed by atoms with Crippen LogP contribution in [0.4, 0.5) is 8.78 Å². The molecule has 0 bridgehead atoms. The maximum atomic E-state index is 12.4. The van der Waals surface area contributed by atoms with Crippen molar-refractivity contribution >= 4 is 12.4 Å². The molecule has 1 N–H and O–H groups in total. The Balaban J connectivity index is 0.00000121. The third-order valence-electron chi connectivity index (χ3n) is 1.15. The van der Waals surface area contributed by atoms with Gasteiger partial charge in [-0.15, -0.1) is 12.4 Å². The average molecular weight is 197 g/mol. The van der Waals surface area contributed by atoms with Gasteiger partial charge < -0.3 is 4.98 Å². The Morgan fingerprint density at radius 3 is 2.50 bits per heavy atom. The van der Waals surface area contributed by atoms with Gasteiger partial charge in [0.2, 0.25) is 0 Å². The number of nitrogens with zero attached hydrogens (tertiary/aromatic N) is 1. The second kappa shape index (κ2) is 3.62. The van der Waals surface area contributed by atoms with Crippen LogP contribution in [0.2, 0.25) is 0 Å². The van der Waals surface area contributed by atoms with Crippen LogP contribution in [-0.2, 0) is 5.92 Å². The van der Waals surface area contributed by atoms with Crippen LogP contribution < -0.4 is 5.69 Å². The van der Waals surface area contributed by atoms with Crippen molar-refractivity contribution in [3.8, 4) is 0 Å². The molecule has 0 atom stereocenters. The van der Waals surface area contributed by atoms with E-state index in [9.17, 15) is 13.6 Å². The molecule has 6 heteroatoms. The van der Waals surface area contributed by atoms with Gasteiger partial charge in [0.25, 0.3) is 5.92 Å². The van der Waals surface area contributed by atoms with Crippen LogP contribution >= 0.6 is 12.4 Å². The monoisotopic (exact) mass is 196 g/mol. The number of aromatic amines is 1. The van der Waals surface area contributed by atoms with Crippen LogP contribution in [0, 0.1) is 0 Å². The van der Waals surface area contributed by atoms with Crippen molar-refractivity contribution in [3.63, 3.8) is 0 Å². The van der Waals surface area contributed by atoms with Crippen LogP contribution in [0.25, 0.3) is 0 Å². The molecular weight excluding hydrogens is 190 g/mol. The molecule has 1 heterocycles. The van der Waals surface area contributed by atoms with Crippen LogP contribution in [0.1, 0.15) is 12.6 Å². The third kappa shape index (κ3) is 2.58. The van der Waals surface area contributed by atoms with E-state index in [4.69, 9.17) is 0 Å². The van der Waals surface area contributed by atoms with Crippen molar-refractivity contribution in [1.82, 2.24) is 9.97 Å². The van der Waals surface area contributed by atoms with E-state index in [1.54, 1.807) is 0 Å². The molecule has 1 aromatic heterocycles. The van der Waals surface area contributed by atoms with Gasteiger partial charge in [-0.25, -0.2) is 18.6 Å². The first-order valence-electron chi connectivity index (χ1n) is 2.94. The van der Waals surface area contributed by atoms with E-state index < -0.39 is 17.3 Å². The fourth-order valence-corrected chi connectivity index (χ4v) is 0.625. The Morgan fingerprint density at radius 2 is 2.17 bits per heavy atom. The molecule has 0 aromatic carbocycles. The first-order chi connectivity index (χ1) is 5.00. The van der Waals surface area contributed by atoms with E-state index >= 15 is 0 Å². The summed E-state index contributed by atoms with van der Waals surface area (Å²) in [6, 6.07) is 1.07. The van der Waals surface area contributed by atoms with Gasteiger partial charge in [0, 0.05) is 13.1 Å². The summed E-state index contributed by atoms with van der Waals surface area (Å²) in [5.41, 5.74) is -1.18. The molecule has 0 aliphatic heterocycles.